The van der Waals surface area contributed by atoms with Crippen LogP contribution in [0, 0.1) is 11.3 Å². The van der Waals surface area contributed by atoms with Crippen molar-refractivity contribution in [3.8, 4) is 6.07 Å². The quantitative estimate of drug-likeness (QED) is 0.794. The fourth-order valence-corrected chi connectivity index (χ4v) is 2.45. The number of nitrogens with zero attached hydrogens (tertiary/aromatic N) is 2. The molecule has 2 aromatic rings. The first-order valence-electron chi connectivity index (χ1n) is 8.14. The van der Waals surface area contributed by atoms with E-state index in [-0.39, 0.29) is 18.8 Å². The predicted octanol–water partition coefficient (Wildman–Crippen LogP) is 3.09. The Morgan fingerprint density at radius 2 is 1.46 bits per heavy atom. The first-order chi connectivity index (χ1) is 13.2. The van der Waals surface area contributed by atoms with Crippen LogP contribution in [0.1, 0.15) is 11.1 Å². The van der Waals surface area contributed by atoms with E-state index in [1.54, 1.807) is 24.3 Å². The number of alkyl halides is 3. The molecule has 0 unspecified atom stereocenters. The second-order valence-electron chi connectivity index (χ2n) is 5.97. The van der Waals surface area contributed by atoms with Crippen molar-refractivity contribution in [2.75, 3.05) is 30.8 Å². The number of rotatable bonds is 6. The minimum Gasteiger partial charge on any atom is -0.324 e. The Bertz CT molecular complexity index is 907. The second kappa shape index (κ2) is 9.01. The van der Waals surface area contributed by atoms with Gasteiger partial charge >= 0.3 is 6.18 Å². The Hall–Kier alpha value is -3.38. The minimum absolute atomic E-state index is 0.186. The monoisotopic (exact) mass is 390 g/mol. The van der Waals surface area contributed by atoms with Gasteiger partial charge in [0.05, 0.1) is 35.6 Å². The number of benzene rings is 2. The Morgan fingerprint density at radius 3 is 2.04 bits per heavy atom. The van der Waals surface area contributed by atoms with Crippen molar-refractivity contribution in [3.05, 3.63) is 59.7 Å². The first-order valence-corrected chi connectivity index (χ1v) is 8.14. The molecule has 0 aliphatic heterocycles. The van der Waals surface area contributed by atoms with E-state index in [0.29, 0.717) is 11.3 Å². The Balaban J connectivity index is 1.93. The Kier molecular flexibility index (Phi) is 6.74. The maximum absolute atomic E-state index is 13.0. The molecule has 0 aromatic heterocycles. The van der Waals surface area contributed by atoms with Gasteiger partial charge in [-0.05, 0) is 31.3 Å². The molecule has 28 heavy (non-hydrogen) atoms. The molecule has 146 valence electrons. The number of hydrogen-bond acceptors (Lipinski definition) is 4. The summed E-state index contributed by atoms with van der Waals surface area (Å²) in [6.45, 7) is -0.479. The van der Waals surface area contributed by atoms with Gasteiger partial charge in [0.2, 0.25) is 11.8 Å². The van der Waals surface area contributed by atoms with Crippen LogP contribution in [0.25, 0.3) is 0 Å². The molecular formula is C19H17F3N4O2. The molecule has 0 aliphatic rings. The van der Waals surface area contributed by atoms with Crippen LogP contribution >= 0.6 is 0 Å². The average Bonchev–Trinajstić information content (AvgIpc) is 2.61. The van der Waals surface area contributed by atoms with Crippen LogP contribution in [0.15, 0.2) is 48.5 Å². The molecule has 0 atom stereocenters. The summed E-state index contributed by atoms with van der Waals surface area (Å²) in [5.74, 6) is -1.15. The zero-order valence-electron chi connectivity index (χ0n) is 14.9. The lowest BCUT2D eigenvalue weighted by Gasteiger charge is -2.18. The maximum atomic E-state index is 13.0. The van der Waals surface area contributed by atoms with Gasteiger partial charge in [-0.15, -0.1) is 0 Å². The molecule has 0 saturated carbocycles. The highest BCUT2D eigenvalue weighted by Gasteiger charge is 2.33. The van der Waals surface area contributed by atoms with Crippen molar-refractivity contribution in [3.63, 3.8) is 0 Å². The SMILES string of the molecule is CN(CC(=O)Nc1ccccc1C#N)CC(=O)Nc1ccccc1C(F)(F)F. The summed E-state index contributed by atoms with van der Waals surface area (Å²) < 4.78 is 38.9. The normalized spacial score (nSPS) is 11.0. The van der Waals surface area contributed by atoms with E-state index in [4.69, 9.17) is 5.26 Å². The predicted molar refractivity (Wildman–Crippen MR) is 97.4 cm³/mol. The average molecular weight is 390 g/mol. The van der Waals surface area contributed by atoms with Crippen molar-refractivity contribution in [1.82, 2.24) is 4.90 Å². The van der Waals surface area contributed by atoms with Crippen LogP contribution in [0.4, 0.5) is 24.5 Å². The van der Waals surface area contributed by atoms with Crippen LogP contribution in [0.3, 0.4) is 0 Å². The van der Waals surface area contributed by atoms with Crippen LogP contribution in [-0.4, -0.2) is 36.9 Å². The molecule has 0 fully saturated rings. The van der Waals surface area contributed by atoms with E-state index in [9.17, 15) is 22.8 Å². The van der Waals surface area contributed by atoms with Gasteiger partial charge in [0.25, 0.3) is 0 Å². The molecule has 0 radical (unpaired) electrons. The molecule has 0 heterocycles. The Labute approximate surface area is 159 Å². The lowest BCUT2D eigenvalue weighted by molar-refractivity contribution is -0.137. The molecule has 0 saturated heterocycles. The van der Waals surface area contributed by atoms with Gasteiger partial charge < -0.3 is 10.6 Å². The zero-order valence-corrected chi connectivity index (χ0v) is 14.9. The maximum Gasteiger partial charge on any atom is 0.418 e. The number of carbonyl (C=O) groups excluding carboxylic acids is 2. The molecule has 6 nitrogen and oxygen atoms in total. The van der Waals surface area contributed by atoms with Gasteiger partial charge in [0.15, 0.2) is 0 Å². The van der Waals surface area contributed by atoms with Crippen LogP contribution < -0.4 is 10.6 Å². The zero-order chi connectivity index (χ0) is 20.7. The molecule has 2 rings (SSSR count). The summed E-state index contributed by atoms with van der Waals surface area (Å²) in [6.07, 6.45) is -4.59. The number of halogens is 3. The molecule has 9 heteroatoms. The van der Waals surface area contributed by atoms with Crippen LogP contribution in [0.2, 0.25) is 0 Å². The summed E-state index contributed by atoms with van der Waals surface area (Å²) in [5, 5.41) is 13.8. The topological polar surface area (TPSA) is 85.2 Å². The Morgan fingerprint density at radius 1 is 0.964 bits per heavy atom. The molecule has 2 aromatic carbocycles. The van der Waals surface area contributed by atoms with E-state index in [1.807, 2.05) is 6.07 Å². The number of nitriles is 1. The van der Waals surface area contributed by atoms with Crippen molar-refractivity contribution >= 4 is 23.2 Å². The molecule has 0 spiro atoms. The molecule has 2 N–H and O–H groups in total. The second-order valence-corrected chi connectivity index (χ2v) is 5.97. The standard InChI is InChI=1S/C19H17F3N4O2/c1-26(11-17(27)24-15-8-4-2-6-13(15)10-23)12-18(28)25-16-9-5-3-7-14(16)19(20,21)22/h2-9H,11-12H2,1H3,(H,24,27)(H,25,28). The van der Waals surface area contributed by atoms with Crippen molar-refractivity contribution < 1.29 is 22.8 Å². The minimum atomic E-state index is -4.59. The summed E-state index contributed by atoms with van der Waals surface area (Å²) >= 11 is 0. The number of anilines is 2. The van der Waals surface area contributed by atoms with E-state index in [1.165, 1.54) is 24.1 Å². The highest BCUT2D eigenvalue weighted by molar-refractivity contribution is 5.95. The molecule has 0 bridgehead atoms. The third-order valence-corrected chi connectivity index (χ3v) is 3.66. The highest BCUT2D eigenvalue weighted by Crippen LogP contribution is 2.34. The van der Waals surface area contributed by atoms with Gasteiger partial charge in [0.1, 0.15) is 6.07 Å². The number of likely N-dealkylation sites (N-methyl/N-ethyl adjacent to an activating group) is 1. The summed E-state index contributed by atoms with van der Waals surface area (Å²) in [4.78, 5) is 25.5. The van der Waals surface area contributed by atoms with E-state index in [2.05, 4.69) is 10.6 Å². The van der Waals surface area contributed by atoms with Gasteiger partial charge in [-0.25, -0.2) is 0 Å². The molecular weight excluding hydrogens is 373 g/mol. The smallest absolute Gasteiger partial charge is 0.324 e. The van der Waals surface area contributed by atoms with Crippen molar-refractivity contribution in [2.24, 2.45) is 0 Å². The van der Waals surface area contributed by atoms with Crippen LogP contribution in [0.5, 0.6) is 0 Å². The summed E-state index contributed by atoms with van der Waals surface area (Å²) in [5.41, 5.74) is -0.662. The molecule has 2 amide bonds. The third-order valence-electron chi connectivity index (χ3n) is 3.66. The largest absolute Gasteiger partial charge is 0.418 e. The van der Waals surface area contributed by atoms with Crippen molar-refractivity contribution in [1.29, 1.82) is 5.26 Å². The fourth-order valence-electron chi connectivity index (χ4n) is 2.45. The number of amides is 2. The number of para-hydroxylation sites is 2. The van der Waals surface area contributed by atoms with E-state index >= 15 is 0 Å². The van der Waals surface area contributed by atoms with Gasteiger partial charge in [-0.3, -0.25) is 14.5 Å². The van der Waals surface area contributed by atoms with Gasteiger partial charge in [-0.2, -0.15) is 18.4 Å². The lowest BCUT2D eigenvalue weighted by atomic mass is 10.1. The fraction of sp³-hybridized carbons (Fsp3) is 0.211. The first kappa shape index (κ1) is 20.9. The van der Waals surface area contributed by atoms with Gasteiger partial charge in [-0.1, -0.05) is 24.3 Å². The number of hydrogen-bond donors (Lipinski definition) is 2. The summed E-state index contributed by atoms with van der Waals surface area (Å²) in [6, 6.07) is 13.0. The van der Waals surface area contributed by atoms with Crippen molar-refractivity contribution in [2.45, 2.75) is 6.18 Å². The third kappa shape index (κ3) is 5.82. The van der Waals surface area contributed by atoms with E-state index < -0.39 is 23.6 Å². The summed E-state index contributed by atoms with van der Waals surface area (Å²) in [7, 11) is 1.48. The highest BCUT2D eigenvalue weighted by atomic mass is 19.4. The number of carbonyl (C=O) groups is 2. The van der Waals surface area contributed by atoms with Crippen LogP contribution in [-0.2, 0) is 15.8 Å². The van der Waals surface area contributed by atoms with Gasteiger partial charge in [0, 0.05) is 0 Å². The number of nitrogens with one attached hydrogen (secondary N) is 2. The van der Waals surface area contributed by atoms with E-state index in [0.717, 1.165) is 12.1 Å². The molecule has 0 aliphatic carbocycles. The lowest BCUT2D eigenvalue weighted by Crippen LogP contribution is -2.36.